The van der Waals surface area contributed by atoms with Crippen LogP contribution >= 0.6 is 11.8 Å². The summed E-state index contributed by atoms with van der Waals surface area (Å²) in [7, 11) is 0. The number of nitriles is 1. The van der Waals surface area contributed by atoms with Crippen molar-refractivity contribution in [2.24, 2.45) is 0 Å². The Morgan fingerprint density at radius 1 is 1.12 bits per heavy atom. The lowest BCUT2D eigenvalue weighted by Gasteiger charge is -2.12. The van der Waals surface area contributed by atoms with Gasteiger partial charge in [-0.1, -0.05) is 42.1 Å². The number of para-hydroxylation sites is 2. The van der Waals surface area contributed by atoms with Crippen molar-refractivity contribution in [3.8, 4) is 11.8 Å². The maximum absolute atomic E-state index is 13.1. The molecular formula is C18H13N5OS. The molecule has 0 spiro atoms. The van der Waals surface area contributed by atoms with Gasteiger partial charge in [-0.2, -0.15) is 5.26 Å². The lowest BCUT2D eigenvalue weighted by Crippen LogP contribution is -2.22. The van der Waals surface area contributed by atoms with Crippen LogP contribution in [0.15, 0.2) is 58.5 Å². The number of thioether (sulfide) groups is 1. The molecule has 0 atom stereocenters. The first-order chi connectivity index (χ1) is 12.2. The number of nitrogens with zero attached hydrogens (tertiary/aromatic N) is 5. The smallest absolute Gasteiger partial charge is 0.267 e. The molecule has 25 heavy (non-hydrogen) atoms. The molecule has 0 amide bonds. The van der Waals surface area contributed by atoms with E-state index in [1.54, 1.807) is 10.6 Å². The molecule has 122 valence electrons. The fourth-order valence-electron chi connectivity index (χ4n) is 2.90. The summed E-state index contributed by atoms with van der Waals surface area (Å²) < 4.78 is 3.42. The van der Waals surface area contributed by atoms with E-state index in [9.17, 15) is 4.79 Å². The van der Waals surface area contributed by atoms with Crippen LogP contribution in [0.2, 0.25) is 0 Å². The highest BCUT2D eigenvalue weighted by atomic mass is 32.2. The Morgan fingerprint density at radius 2 is 1.88 bits per heavy atom. The predicted octanol–water partition coefficient (Wildman–Crippen LogP) is 2.96. The Balaban J connectivity index is 2.18. The molecule has 6 nitrogen and oxygen atoms in total. The van der Waals surface area contributed by atoms with E-state index in [0.717, 1.165) is 16.8 Å². The summed E-state index contributed by atoms with van der Waals surface area (Å²) >= 11 is 1.30. The van der Waals surface area contributed by atoms with Gasteiger partial charge in [-0.15, -0.1) is 10.2 Å². The maximum atomic E-state index is 13.1. The number of benzene rings is 2. The van der Waals surface area contributed by atoms with E-state index < -0.39 is 0 Å². The molecule has 0 bridgehead atoms. The van der Waals surface area contributed by atoms with Gasteiger partial charge in [0.25, 0.3) is 5.56 Å². The normalized spacial score (nSPS) is 11.0. The Bertz CT molecular complexity index is 1200. The number of rotatable bonds is 3. The van der Waals surface area contributed by atoms with Gasteiger partial charge in [0.1, 0.15) is 0 Å². The van der Waals surface area contributed by atoms with E-state index in [4.69, 9.17) is 5.26 Å². The second-order valence-electron chi connectivity index (χ2n) is 5.51. The lowest BCUT2D eigenvalue weighted by molar-refractivity contribution is 0.930. The summed E-state index contributed by atoms with van der Waals surface area (Å²) in [6, 6.07) is 17.1. The number of fused-ring (bicyclic) bond motifs is 3. The molecule has 4 aromatic rings. The zero-order valence-corrected chi connectivity index (χ0v) is 14.2. The molecule has 0 N–H and O–H groups in total. The van der Waals surface area contributed by atoms with Gasteiger partial charge in [0, 0.05) is 0 Å². The van der Waals surface area contributed by atoms with Crippen molar-refractivity contribution < 1.29 is 0 Å². The zero-order valence-electron chi connectivity index (χ0n) is 13.4. The highest BCUT2D eigenvalue weighted by Gasteiger charge is 2.18. The van der Waals surface area contributed by atoms with Gasteiger partial charge in [-0.25, -0.2) is 4.57 Å². The fraction of sp³-hybridized carbons (Fsp3) is 0.111. The molecule has 4 rings (SSSR count). The highest BCUT2D eigenvalue weighted by Crippen LogP contribution is 2.23. The first-order valence-corrected chi connectivity index (χ1v) is 8.65. The van der Waals surface area contributed by atoms with Crippen LogP contribution in [0.5, 0.6) is 0 Å². The Kier molecular flexibility index (Phi) is 3.75. The number of aromatic nitrogens is 4. The van der Waals surface area contributed by atoms with Crippen LogP contribution in [0.3, 0.4) is 0 Å². The SMILES string of the molecule is Cc1ccccc1-n1c(=O)c2ccccc2n2c(SCC#N)nnc12. The van der Waals surface area contributed by atoms with E-state index in [0.29, 0.717) is 16.3 Å². The van der Waals surface area contributed by atoms with Crippen molar-refractivity contribution in [1.29, 1.82) is 5.26 Å². The average molecular weight is 347 g/mol. The summed E-state index contributed by atoms with van der Waals surface area (Å²) in [6.07, 6.45) is 0. The largest absolute Gasteiger partial charge is 0.268 e. The monoisotopic (exact) mass is 347 g/mol. The second kappa shape index (κ2) is 6.07. The van der Waals surface area contributed by atoms with Crippen LogP contribution in [0, 0.1) is 18.3 Å². The van der Waals surface area contributed by atoms with Crippen LogP contribution in [0.25, 0.3) is 22.4 Å². The van der Waals surface area contributed by atoms with E-state index in [1.807, 2.05) is 53.8 Å². The molecule has 0 aliphatic carbocycles. The topological polar surface area (TPSA) is 76.0 Å². The minimum absolute atomic E-state index is 0.137. The first kappa shape index (κ1) is 15.4. The maximum Gasteiger partial charge on any atom is 0.267 e. The summed E-state index contributed by atoms with van der Waals surface area (Å²) in [5.41, 5.74) is 2.34. The quantitative estimate of drug-likeness (QED) is 0.533. The third-order valence-corrected chi connectivity index (χ3v) is 4.81. The predicted molar refractivity (Wildman–Crippen MR) is 97.2 cm³/mol. The molecule has 2 aromatic heterocycles. The molecule has 2 heterocycles. The molecule has 0 saturated carbocycles. The van der Waals surface area contributed by atoms with Crippen molar-refractivity contribution in [2.75, 3.05) is 5.75 Å². The number of aryl methyl sites for hydroxylation is 1. The van der Waals surface area contributed by atoms with Gasteiger partial charge >= 0.3 is 0 Å². The van der Waals surface area contributed by atoms with Crippen LogP contribution in [-0.2, 0) is 0 Å². The average Bonchev–Trinajstić information content (AvgIpc) is 3.05. The second-order valence-corrected chi connectivity index (χ2v) is 6.45. The van der Waals surface area contributed by atoms with E-state index in [-0.39, 0.29) is 11.3 Å². The molecule has 7 heteroatoms. The van der Waals surface area contributed by atoms with Gasteiger partial charge in [-0.3, -0.25) is 9.20 Å². The van der Waals surface area contributed by atoms with Gasteiger partial charge in [0.15, 0.2) is 5.16 Å². The van der Waals surface area contributed by atoms with Crippen LogP contribution in [0.4, 0.5) is 0 Å². The third kappa shape index (κ3) is 2.39. The first-order valence-electron chi connectivity index (χ1n) is 7.67. The van der Waals surface area contributed by atoms with Crippen molar-refractivity contribution in [2.45, 2.75) is 12.1 Å². The fourth-order valence-corrected chi connectivity index (χ4v) is 3.50. The molecule has 0 aliphatic rings. The van der Waals surface area contributed by atoms with Crippen LogP contribution < -0.4 is 5.56 Å². The Hall–Kier alpha value is -3.11. The lowest BCUT2D eigenvalue weighted by atomic mass is 10.2. The van der Waals surface area contributed by atoms with E-state index >= 15 is 0 Å². The highest BCUT2D eigenvalue weighted by molar-refractivity contribution is 7.99. The summed E-state index contributed by atoms with van der Waals surface area (Å²) in [5.74, 6) is 0.706. The van der Waals surface area contributed by atoms with Crippen molar-refractivity contribution in [1.82, 2.24) is 19.2 Å². The molecule has 0 fully saturated rings. The van der Waals surface area contributed by atoms with Crippen LogP contribution in [-0.4, -0.2) is 24.9 Å². The Morgan fingerprint density at radius 3 is 2.68 bits per heavy atom. The molecule has 2 aromatic carbocycles. The molecular weight excluding hydrogens is 334 g/mol. The van der Waals surface area contributed by atoms with Gasteiger partial charge in [0.05, 0.1) is 28.4 Å². The molecule has 0 unspecified atom stereocenters. The van der Waals surface area contributed by atoms with E-state index in [1.165, 1.54) is 11.8 Å². The minimum atomic E-state index is -0.137. The van der Waals surface area contributed by atoms with Gasteiger partial charge in [0.2, 0.25) is 5.78 Å². The number of hydrogen-bond acceptors (Lipinski definition) is 5. The van der Waals surface area contributed by atoms with Gasteiger partial charge in [-0.05, 0) is 30.7 Å². The molecule has 0 aliphatic heterocycles. The standard InChI is InChI=1S/C18H13N5OS/c1-12-6-2-4-8-14(12)22-16(24)13-7-3-5-9-15(13)23-17(22)20-21-18(23)25-11-10-19/h2-9H,11H2,1H3. The molecule has 0 radical (unpaired) electrons. The summed E-state index contributed by atoms with van der Waals surface area (Å²) in [5, 5.41) is 18.5. The van der Waals surface area contributed by atoms with Crippen LogP contribution in [0.1, 0.15) is 5.56 Å². The van der Waals surface area contributed by atoms with Gasteiger partial charge < -0.3 is 0 Å². The molecule has 0 saturated heterocycles. The summed E-state index contributed by atoms with van der Waals surface area (Å²) in [6.45, 7) is 1.95. The number of hydrogen-bond donors (Lipinski definition) is 0. The van der Waals surface area contributed by atoms with E-state index in [2.05, 4.69) is 16.3 Å². The summed E-state index contributed by atoms with van der Waals surface area (Å²) in [4.78, 5) is 13.1. The minimum Gasteiger partial charge on any atom is -0.268 e. The van der Waals surface area contributed by atoms with Crippen molar-refractivity contribution in [3.63, 3.8) is 0 Å². The van der Waals surface area contributed by atoms with Crippen molar-refractivity contribution in [3.05, 3.63) is 64.4 Å². The zero-order chi connectivity index (χ0) is 17.4. The van der Waals surface area contributed by atoms with Crippen molar-refractivity contribution >= 4 is 28.4 Å². The Labute approximate surface area is 147 Å². The third-order valence-electron chi connectivity index (χ3n) is 4.02.